The van der Waals surface area contributed by atoms with Gasteiger partial charge >= 0.3 is 0 Å². The summed E-state index contributed by atoms with van der Waals surface area (Å²) >= 11 is 0. The van der Waals surface area contributed by atoms with E-state index in [0.29, 0.717) is 0 Å². The second-order valence-corrected chi connectivity index (χ2v) is 18.6. The van der Waals surface area contributed by atoms with Crippen molar-refractivity contribution < 1.29 is 0 Å². The summed E-state index contributed by atoms with van der Waals surface area (Å²) in [6, 6.07) is 56.0. The van der Waals surface area contributed by atoms with E-state index < -0.39 is 0 Å². The molecule has 7 rings (SSSR count). The molecular weight excluding hydrogens is 817 g/mol. The van der Waals surface area contributed by atoms with E-state index in [9.17, 15) is 0 Å². The maximum atomic E-state index is 2.38. The molecule has 7 aromatic rings. The van der Waals surface area contributed by atoms with E-state index in [0.717, 1.165) is 43.8 Å². The number of hydrogen-bond donors (Lipinski definition) is 0. The Hall–Kier alpha value is -6.50. The Labute approximate surface area is 403 Å². The molecule has 0 bridgehead atoms. The highest BCUT2D eigenvalue weighted by Crippen LogP contribution is 2.56. The van der Waals surface area contributed by atoms with Gasteiger partial charge in [-0.2, -0.15) is 0 Å². The van der Waals surface area contributed by atoms with Crippen molar-refractivity contribution in [1.29, 1.82) is 0 Å². The van der Waals surface area contributed by atoms with Gasteiger partial charge in [0, 0.05) is 96.4 Å². The van der Waals surface area contributed by atoms with E-state index in [-0.39, 0.29) is 0 Å². The molecule has 0 saturated carbocycles. The standard InChI is InChI=1S/C61H75N6/c1-14-62(7)50-32-20-44(21-33-50)56-57(45-22-34-51(35-23-45)63(8)15-2)59(47-26-38-53(39-27-47)65(10)17-4)61(49-30-42-55(43-31-49)67(12,13)19-6)60(48-28-40-54(41-29-48)66(11)18-5)58(56)46-24-36-52(37-25-46)64(9)16-3/h20-43H,14-19H2,1-13H3/q+1. The van der Waals surface area contributed by atoms with Crippen LogP contribution in [0.15, 0.2) is 146 Å². The molecule has 0 aliphatic carbocycles. The molecule has 0 aliphatic rings. The Morgan fingerprint density at radius 3 is 0.582 bits per heavy atom. The van der Waals surface area contributed by atoms with Gasteiger partial charge in [-0.05, 0) is 193 Å². The highest BCUT2D eigenvalue weighted by atomic mass is 15.3. The monoisotopic (exact) mass is 892 g/mol. The summed E-state index contributed by atoms with van der Waals surface area (Å²) in [5.74, 6) is 0. The van der Waals surface area contributed by atoms with E-state index >= 15 is 0 Å². The van der Waals surface area contributed by atoms with E-state index in [4.69, 9.17) is 0 Å². The maximum Gasteiger partial charge on any atom is 0.132 e. The van der Waals surface area contributed by atoms with Crippen molar-refractivity contribution >= 4 is 34.1 Å². The lowest BCUT2D eigenvalue weighted by Gasteiger charge is -2.30. The third kappa shape index (κ3) is 9.97. The molecule has 0 spiro atoms. The van der Waals surface area contributed by atoms with E-state index in [1.807, 2.05) is 0 Å². The lowest BCUT2D eigenvalue weighted by molar-refractivity contribution is 0.421. The fourth-order valence-electron chi connectivity index (χ4n) is 9.02. The largest absolute Gasteiger partial charge is 0.375 e. The van der Waals surface area contributed by atoms with Gasteiger partial charge in [0.25, 0.3) is 0 Å². The average Bonchev–Trinajstić information content (AvgIpc) is 3.39. The predicted octanol–water partition coefficient (Wildman–Crippen LogP) is 14.6. The number of benzene rings is 7. The zero-order valence-electron chi connectivity index (χ0n) is 42.8. The first-order valence-corrected chi connectivity index (χ1v) is 24.5. The molecule has 67 heavy (non-hydrogen) atoms. The number of hydrogen-bond acceptors (Lipinski definition) is 5. The Bertz CT molecular complexity index is 2570. The van der Waals surface area contributed by atoms with Crippen LogP contribution in [0, 0.1) is 0 Å². The van der Waals surface area contributed by atoms with E-state index in [1.54, 1.807) is 0 Å². The van der Waals surface area contributed by atoms with Crippen LogP contribution in [0.5, 0.6) is 0 Å². The van der Waals surface area contributed by atoms with Gasteiger partial charge in [0.2, 0.25) is 0 Å². The van der Waals surface area contributed by atoms with Crippen molar-refractivity contribution in [2.75, 3.05) is 113 Å². The van der Waals surface area contributed by atoms with Gasteiger partial charge in [0.05, 0.1) is 20.6 Å². The molecule has 0 fully saturated rings. The van der Waals surface area contributed by atoms with Crippen LogP contribution in [0.4, 0.5) is 34.1 Å². The van der Waals surface area contributed by atoms with Crippen molar-refractivity contribution in [3.63, 3.8) is 0 Å². The van der Waals surface area contributed by atoms with Crippen LogP contribution < -0.4 is 29.0 Å². The number of quaternary nitrogens is 1. The fraction of sp³-hybridized carbons (Fsp3) is 0.311. The Kier molecular flexibility index (Phi) is 15.2. The highest BCUT2D eigenvalue weighted by Gasteiger charge is 2.30. The van der Waals surface area contributed by atoms with Crippen LogP contribution >= 0.6 is 0 Å². The SMILES string of the molecule is CCN(C)c1ccc(-c2c(-c3ccc(N(C)CC)cc3)c(-c3ccc(N(C)CC)cc3)c(-c3ccc([N+](C)(C)CC)cc3)c(-c3ccc(N(C)CC)cc3)c2-c2ccc(N(C)CC)cc2)cc1. The summed E-state index contributed by atoms with van der Waals surface area (Å²) in [6.07, 6.45) is 0. The number of rotatable bonds is 18. The second kappa shape index (κ2) is 21.0. The number of anilines is 5. The predicted molar refractivity (Wildman–Crippen MR) is 298 cm³/mol. The molecule has 7 aromatic carbocycles. The highest BCUT2D eigenvalue weighted by molar-refractivity contribution is 6.15. The van der Waals surface area contributed by atoms with Gasteiger partial charge in [-0.25, -0.2) is 0 Å². The summed E-state index contributed by atoms with van der Waals surface area (Å²) in [7, 11) is 15.5. The second-order valence-electron chi connectivity index (χ2n) is 18.6. The molecule has 6 nitrogen and oxygen atoms in total. The third-order valence-electron chi connectivity index (χ3n) is 14.5. The van der Waals surface area contributed by atoms with Gasteiger partial charge in [0.1, 0.15) is 5.69 Å². The zero-order valence-corrected chi connectivity index (χ0v) is 42.8. The molecule has 0 N–H and O–H groups in total. The summed E-state index contributed by atoms with van der Waals surface area (Å²) < 4.78 is 0.800. The molecule has 0 radical (unpaired) electrons. The van der Waals surface area contributed by atoms with Crippen LogP contribution in [0.25, 0.3) is 66.8 Å². The van der Waals surface area contributed by atoms with Crippen LogP contribution in [0.1, 0.15) is 41.5 Å². The van der Waals surface area contributed by atoms with Gasteiger partial charge in [-0.15, -0.1) is 0 Å². The van der Waals surface area contributed by atoms with Gasteiger partial charge < -0.3 is 24.5 Å². The van der Waals surface area contributed by atoms with Crippen LogP contribution in [-0.4, -0.2) is 88.6 Å². The topological polar surface area (TPSA) is 16.2 Å². The van der Waals surface area contributed by atoms with Crippen molar-refractivity contribution in [3.8, 4) is 66.8 Å². The van der Waals surface area contributed by atoms with Crippen LogP contribution in [0.2, 0.25) is 0 Å². The van der Waals surface area contributed by atoms with Gasteiger partial charge in [0.15, 0.2) is 0 Å². The molecule has 0 atom stereocenters. The van der Waals surface area contributed by atoms with Gasteiger partial charge in [-0.3, -0.25) is 4.48 Å². The first kappa shape index (κ1) is 48.4. The molecule has 0 saturated heterocycles. The van der Waals surface area contributed by atoms with Crippen LogP contribution in [-0.2, 0) is 0 Å². The summed E-state index contributed by atoms with van der Waals surface area (Å²) in [5.41, 5.74) is 21.7. The minimum Gasteiger partial charge on any atom is -0.375 e. The third-order valence-corrected chi connectivity index (χ3v) is 14.5. The normalized spacial score (nSPS) is 11.4. The van der Waals surface area contributed by atoms with Gasteiger partial charge in [-0.1, -0.05) is 60.7 Å². The minimum atomic E-state index is 0.800. The Morgan fingerprint density at radius 1 is 0.269 bits per heavy atom. The first-order chi connectivity index (χ1) is 32.3. The molecule has 0 aromatic heterocycles. The Morgan fingerprint density at radius 2 is 0.433 bits per heavy atom. The molecule has 6 heteroatoms. The number of nitrogens with zero attached hydrogens (tertiary/aromatic N) is 6. The van der Waals surface area contributed by atoms with Crippen LogP contribution in [0.3, 0.4) is 0 Å². The van der Waals surface area contributed by atoms with Crippen molar-refractivity contribution in [3.05, 3.63) is 146 Å². The first-order valence-electron chi connectivity index (χ1n) is 24.5. The summed E-state index contributed by atoms with van der Waals surface area (Å²) in [4.78, 5) is 11.5. The zero-order chi connectivity index (χ0) is 48.0. The maximum absolute atomic E-state index is 2.38. The molecule has 0 heterocycles. The molecule has 0 aliphatic heterocycles. The quantitative estimate of drug-likeness (QED) is 0.0796. The van der Waals surface area contributed by atoms with Crippen molar-refractivity contribution in [2.24, 2.45) is 0 Å². The summed E-state index contributed by atoms with van der Waals surface area (Å²) in [6.45, 7) is 18.9. The average molecular weight is 892 g/mol. The lowest BCUT2D eigenvalue weighted by Crippen LogP contribution is -2.39. The molecule has 0 unspecified atom stereocenters. The van der Waals surface area contributed by atoms with E-state index in [2.05, 4.69) is 261 Å². The smallest absolute Gasteiger partial charge is 0.132 e. The summed E-state index contributed by atoms with van der Waals surface area (Å²) in [5, 5.41) is 0. The molecular formula is C61H75N6+. The Balaban J connectivity index is 1.76. The van der Waals surface area contributed by atoms with Crippen molar-refractivity contribution in [1.82, 2.24) is 4.48 Å². The van der Waals surface area contributed by atoms with E-state index in [1.165, 1.54) is 101 Å². The molecule has 0 amide bonds. The van der Waals surface area contributed by atoms with Crippen molar-refractivity contribution in [2.45, 2.75) is 41.5 Å². The fourth-order valence-corrected chi connectivity index (χ4v) is 9.02. The molecule has 348 valence electrons. The lowest BCUT2D eigenvalue weighted by atomic mass is 9.74. The minimum absolute atomic E-state index is 0.800.